The average molecular weight is 326 g/mol. The highest BCUT2D eigenvalue weighted by Gasteiger charge is 2.36. The number of hydrogen-bond donors (Lipinski definition) is 1. The van der Waals surface area contributed by atoms with Gasteiger partial charge in [0.1, 0.15) is 5.82 Å². The highest BCUT2D eigenvalue weighted by molar-refractivity contribution is 7.89. The molecule has 1 aliphatic rings. The predicted molar refractivity (Wildman–Crippen MR) is 67.6 cm³/mol. The normalized spacial score (nSPS) is 21.5. The summed E-state index contributed by atoms with van der Waals surface area (Å²) in [7, 11) is -4.01. The third kappa shape index (κ3) is 3.19. The lowest BCUT2D eigenvalue weighted by molar-refractivity contribution is -0.140. The summed E-state index contributed by atoms with van der Waals surface area (Å²) >= 11 is 0. The minimum absolute atomic E-state index is 0.187. The van der Waals surface area contributed by atoms with E-state index >= 15 is 0 Å². The number of halogens is 4. The Kier molecular flexibility index (Phi) is 4.27. The van der Waals surface area contributed by atoms with Crippen molar-refractivity contribution in [3.05, 3.63) is 29.6 Å². The van der Waals surface area contributed by atoms with Crippen LogP contribution >= 0.6 is 0 Å². The van der Waals surface area contributed by atoms with Crippen molar-refractivity contribution >= 4 is 10.0 Å². The predicted octanol–water partition coefficient (Wildman–Crippen LogP) is 1.83. The fourth-order valence-corrected chi connectivity index (χ4v) is 3.84. The van der Waals surface area contributed by atoms with E-state index < -0.39 is 32.5 Å². The molecular weight excluding hydrogens is 312 g/mol. The van der Waals surface area contributed by atoms with E-state index in [0.29, 0.717) is 25.2 Å². The van der Waals surface area contributed by atoms with Gasteiger partial charge in [0.05, 0.1) is 10.5 Å². The zero-order valence-corrected chi connectivity index (χ0v) is 11.9. The van der Waals surface area contributed by atoms with Crippen LogP contribution in [0.15, 0.2) is 23.1 Å². The molecule has 1 atom stereocenters. The van der Waals surface area contributed by atoms with Crippen LogP contribution < -0.4 is 5.32 Å². The van der Waals surface area contributed by atoms with E-state index in [1.54, 1.807) is 6.92 Å². The van der Waals surface area contributed by atoms with Crippen LogP contribution in [0.2, 0.25) is 0 Å². The number of piperazine rings is 1. The third-order valence-electron chi connectivity index (χ3n) is 3.29. The Balaban J connectivity index is 2.39. The molecule has 2 rings (SSSR count). The highest BCUT2D eigenvalue weighted by Crippen LogP contribution is 2.32. The van der Waals surface area contributed by atoms with E-state index in [1.807, 2.05) is 0 Å². The lowest BCUT2D eigenvalue weighted by Gasteiger charge is -2.32. The molecule has 0 aromatic heterocycles. The van der Waals surface area contributed by atoms with Crippen molar-refractivity contribution in [1.29, 1.82) is 0 Å². The van der Waals surface area contributed by atoms with Crippen molar-refractivity contribution in [2.45, 2.75) is 24.0 Å². The van der Waals surface area contributed by atoms with E-state index in [4.69, 9.17) is 0 Å². The van der Waals surface area contributed by atoms with Gasteiger partial charge in [-0.3, -0.25) is 0 Å². The topological polar surface area (TPSA) is 49.4 Å². The molecule has 9 heteroatoms. The molecule has 1 saturated heterocycles. The van der Waals surface area contributed by atoms with Crippen LogP contribution in [0.4, 0.5) is 17.6 Å². The number of rotatable bonds is 2. The van der Waals surface area contributed by atoms with Gasteiger partial charge in [-0.25, -0.2) is 12.8 Å². The summed E-state index contributed by atoms with van der Waals surface area (Å²) in [5.74, 6) is -1.59. The molecule has 0 radical (unpaired) electrons. The molecule has 21 heavy (non-hydrogen) atoms. The molecule has 0 amide bonds. The van der Waals surface area contributed by atoms with Gasteiger partial charge in [-0.1, -0.05) is 0 Å². The number of hydrogen-bond acceptors (Lipinski definition) is 3. The first-order valence-electron chi connectivity index (χ1n) is 6.23. The van der Waals surface area contributed by atoms with Crippen LogP contribution in [0.1, 0.15) is 12.5 Å². The molecule has 1 aromatic rings. The Labute approximate surface area is 119 Å². The summed E-state index contributed by atoms with van der Waals surface area (Å²) in [5, 5.41) is 3.00. The quantitative estimate of drug-likeness (QED) is 0.844. The molecule has 4 nitrogen and oxygen atoms in total. The Morgan fingerprint density at radius 3 is 2.52 bits per heavy atom. The zero-order valence-electron chi connectivity index (χ0n) is 11.1. The van der Waals surface area contributed by atoms with Gasteiger partial charge in [0, 0.05) is 25.7 Å². The molecular formula is C12H14F4N2O2S. The van der Waals surface area contributed by atoms with Crippen molar-refractivity contribution < 1.29 is 26.0 Å². The molecule has 1 N–H and O–H groups in total. The second-order valence-electron chi connectivity index (χ2n) is 4.81. The van der Waals surface area contributed by atoms with Gasteiger partial charge in [-0.05, 0) is 25.1 Å². The molecule has 0 spiro atoms. The van der Waals surface area contributed by atoms with Gasteiger partial charge >= 0.3 is 6.18 Å². The maximum absolute atomic E-state index is 13.5. The van der Waals surface area contributed by atoms with Crippen molar-refractivity contribution in [3.63, 3.8) is 0 Å². The first-order valence-corrected chi connectivity index (χ1v) is 7.67. The SMILES string of the molecule is CC1CNCCN1S(=O)(=O)c1ccc(C(F)(F)F)c(F)c1. The van der Waals surface area contributed by atoms with Crippen LogP contribution in [0, 0.1) is 5.82 Å². The smallest absolute Gasteiger partial charge is 0.314 e. The van der Waals surface area contributed by atoms with Crippen molar-refractivity contribution in [1.82, 2.24) is 9.62 Å². The van der Waals surface area contributed by atoms with Crippen molar-refractivity contribution in [2.75, 3.05) is 19.6 Å². The monoisotopic (exact) mass is 326 g/mol. The van der Waals surface area contributed by atoms with Gasteiger partial charge in [0.2, 0.25) is 10.0 Å². The van der Waals surface area contributed by atoms with Gasteiger partial charge < -0.3 is 5.32 Å². The number of nitrogens with zero attached hydrogens (tertiary/aromatic N) is 1. The van der Waals surface area contributed by atoms with Gasteiger partial charge in [0.15, 0.2) is 0 Å². The summed E-state index contributed by atoms with van der Waals surface area (Å²) in [5.41, 5.74) is -1.48. The van der Waals surface area contributed by atoms with E-state index in [1.165, 1.54) is 0 Å². The van der Waals surface area contributed by atoms with Gasteiger partial charge in [-0.2, -0.15) is 17.5 Å². The van der Waals surface area contributed by atoms with E-state index in [9.17, 15) is 26.0 Å². The summed E-state index contributed by atoms with van der Waals surface area (Å²) in [4.78, 5) is -0.471. The maximum atomic E-state index is 13.5. The molecule has 0 aliphatic carbocycles. The third-order valence-corrected chi connectivity index (χ3v) is 5.30. The minimum atomic E-state index is -4.85. The molecule has 0 bridgehead atoms. The number of nitrogens with one attached hydrogen (secondary N) is 1. The minimum Gasteiger partial charge on any atom is -0.314 e. The summed E-state index contributed by atoms with van der Waals surface area (Å²) < 4.78 is 76.9. The largest absolute Gasteiger partial charge is 0.419 e. The number of benzene rings is 1. The Morgan fingerprint density at radius 2 is 2.00 bits per heavy atom. The van der Waals surface area contributed by atoms with Crippen molar-refractivity contribution in [3.8, 4) is 0 Å². The van der Waals surface area contributed by atoms with Crippen LogP contribution in [-0.2, 0) is 16.2 Å². The summed E-state index contributed by atoms with van der Waals surface area (Å²) in [6.45, 7) is 2.73. The van der Waals surface area contributed by atoms with Crippen LogP contribution in [0.25, 0.3) is 0 Å². The molecule has 1 heterocycles. The summed E-state index contributed by atoms with van der Waals surface area (Å²) in [6, 6.07) is 1.31. The summed E-state index contributed by atoms with van der Waals surface area (Å²) in [6.07, 6.45) is -4.85. The zero-order chi connectivity index (χ0) is 15.8. The Hall–Kier alpha value is -1.19. The molecule has 1 unspecified atom stereocenters. The Bertz CT molecular complexity index is 631. The number of alkyl halides is 3. The molecule has 1 aromatic carbocycles. The van der Waals surface area contributed by atoms with Crippen LogP contribution in [0.3, 0.4) is 0 Å². The highest BCUT2D eigenvalue weighted by atomic mass is 32.2. The number of sulfonamides is 1. The fraction of sp³-hybridized carbons (Fsp3) is 0.500. The van der Waals surface area contributed by atoms with Gasteiger partial charge in [-0.15, -0.1) is 0 Å². The van der Waals surface area contributed by atoms with Gasteiger partial charge in [0.25, 0.3) is 0 Å². The fourth-order valence-electron chi connectivity index (χ4n) is 2.20. The van der Waals surface area contributed by atoms with Crippen LogP contribution in [-0.4, -0.2) is 38.4 Å². The average Bonchev–Trinajstić information content (AvgIpc) is 2.37. The molecule has 0 saturated carbocycles. The van der Waals surface area contributed by atoms with E-state index in [0.717, 1.165) is 10.4 Å². The second kappa shape index (κ2) is 5.54. The van der Waals surface area contributed by atoms with Crippen LogP contribution in [0.5, 0.6) is 0 Å². The lowest BCUT2D eigenvalue weighted by atomic mass is 10.2. The molecule has 1 aliphatic heterocycles. The molecule has 1 fully saturated rings. The Morgan fingerprint density at radius 1 is 1.33 bits per heavy atom. The first kappa shape index (κ1) is 16.2. The standard InChI is InChI=1S/C12H14F4N2O2S/c1-8-7-17-4-5-18(8)21(19,20)9-2-3-10(11(13)6-9)12(14,15)16/h2-3,6,8,17H,4-5,7H2,1H3. The molecule has 118 valence electrons. The van der Waals surface area contributed by atoms with E-state index in [-0.39, 0.29) is 12.6 Å². The lowest BCUT2D eigenvalue weighted by Crippen LogP contribution is -2.52. The van der Waals surface area contributed by atoms with Crippen molar-refractivity contribution in [2.24, 2.45) is 0 Å². The first-order chi connectivity index (χ1) is 9.64. The van der Waals surface area contributed by atoms with E-state index in [2.05, 4.69) is 5.32 Å². The second-order valence-corrected chi connectivity index (χ2v) is 6.70. The maximum Gasteiger partial charge on any atom is 0.419 e.